The van der Waals surface area contributed by atoms with E-state index in [-0.39, 0.29) is 66.1 Å². The summed E-state index contributed by atoms with van der Waals surface area (Å²) in [5, 5.41) is 19.8. The Balaban J connectivity index is 0.000000125. The molecule has 0 saturated heterocycles. The van der Waals surface area contributed by atoms with Gasteiger partial charge >= 0.3 is 0 Å². The molecule has 27 rings (SSSR count). The summed E-state index contributed by atoms with van der Waals surface area (Å²) < 4.78 is 54.9. The van der Waals surface area contributed by atoms with Gasteiger partial charge in [-0.1, -0.05) is 350 Å². The van der Waals surface area contributed by atoms with Crippen LogP contribution in [0.3, 0.4) is 0 Å². The van der Waals surface area contributed by atoms with Crippen LogP contribution in [0, 0.1) is 18.2 Å². The maximum atomic E-state index is 16.7. The van der Waals surface area contributed by atoms with E-state index < -0.39 is 21.4 Å². The summed E-state index contributed by atoms with van der Waals surface area (Å²) in [7, 11) is -10.3. The molecule has 0 spiro atoms. The van der Waals surface area contributed by atoms with E-state index in [1.54, 1.807) is 0 Å². The maximum Gasteiger partial charge on any atom is 0.194 e. The van der Waals surface area contributed by atoms with Crippen LogP contribution in [0.1, 0.15) is 15.9 Å². The number of carbonyl (C=O) groups is 1. The first-order valence-corrected chi connectivity index (χ1v) is 52.8. The molecule has 0 fully saturated rings. The normalized spacial score (nSPS) is 12.4. The van der Waals surface area contributed by atoms with Crippen LogP contribution >= 0.6 is 21.4 Å². The third-order valence-corrected chi connectivity index (χ3v) is 36.9. The number of para-hydroxylation sites is 5. The molecule has 2 atom stereocenters. The second-order valence-corrected chi connectivity index (χ2v) is 44.2. The number of hydrogen-bond donors (Lipinski definition) is 0. The quantitative estimate of drug-likeness (QED) is 0.0697. The minimum Gasteiger partial charge on any atom is -0.310 e. The first kappa shape index (κ1) is 95.2. The molecule has 26 aromatic rings. The van der Waals surface area contributed by atoms with Crippen molar-refractivity contribution < 1.29 is 78.8 Å². The van der Waals surface area contributed by atoms with Gasteiger partial charge in [0.1, 0.15) is 0 Å². The summed E-state index contributed by atoms with van der Waals surface area (Å²) in [6, 6.07) is 175. The minimum absolute atomic E-state index is 0. The third kappa shape index (κ3) is 16.9. The molecule has 10 nitrogen and oxygen atoms in total. The zero-order valence-electron chi connectivity index (χ0n) is 78.2. The molecule has 0 saturated carbocycles. The Bertz CT molecular complexity index is 9560. The summed E-state index contributed by atoms with van der Waals surface area (Å²) in [5.41, 5.74) is 19.6. The van der Waals surface area contributed by atoms with Crippen LogP contribution in [0.4, 0.5) is 0 Å². The second-order valence-electron chi connectivity index (χ2n) is 36.0. The first-order valence-electron chi connectivity index (χ1n) is 47.7. The van der Waals surface area contributed by atoms with E-state index in [9.17, 15) is 4.79 Å². The Labute approximate surface area is 884 Å². The molecule has 703 valence electrons. The topological polar surface area (TPSA) is 122 Å². The second kappa shape index (κ2) is 40.2. The summed E-state index contributed by atoms with van der Waals surface area (Å²) in [6.45, 7) is 0. The molecular weight excluding hydrogens is 2380 g/mol. The number of pyridine rings is 3. The van der Waals surface area contributed by atoms with Gasteiger partial charge in [-0.3, -0.25) is 4.79 Å². The Morgan fingerprint density at radius 2 is 0.527 bits per heavy atom. The summed E-state index contributed by atoms with van der Waals surface area (Å²) in [5.74, 6) is -0.0282. The fourth-order valence-corrected chi connectivity index (χ4v) is 29.2. The summed E-state index contributed by atoms with van der Waals surface area (Å²) in [4.78, 5) is 27.5. The number of hydrogen-bond acceptors (Lipinski definition) is 7. The van der Waals surface area contributed by atoms with E-state index in [0.717, 1.165) is 181 Å². The van der Waals surface area contributed by atoms with Crippen LogP contribution in [0.15, 0.2) is 510 Å². The Morgan fingerprint density at radius 1 is 0.212 bits per heavy atom. The van der Waals surface area contributed by atoms with Crippen molar-refractivity contribution in [3.05, 3.63) is 539 Å². The van der Waals surface area contributed by atoms with Crippen molar-refractivity contribution in [2.24, 2.45) is 0 Å². The molecule has 0 N–H and O–H groups in total. The van der Waals surface area contributed by atoms with Crippen LogP contribution in [-0.4, -0.2) is 34.4 Å². The molecule has 3 radical (unpaired) electrons. The molecule has 0 amide bonds. The van der Waals surface area contributed by atoms with Gasteiger partial charge < -0.3 is 42.3 Å². The van der Waals surface area contributed by atoms with Crippen molar-refractivity contribution in [1.82, 2.24) is 28.7 Å². The predicted molar refractivity (Wildman–Crippen MR) is 594 cm³/mol. The predicted octanol–water partition coefficient (Wildman–Crippen LogP) is 28.2. The van der Waals surface area contributed by atoms with Crippen molar-refractivity contribution in [3.8, 4) is 73.1 Å². The molecule has 20 aromatic carbocycles. The van der Waals surface area contributed by atoms with Gasteiger partial charge in [-0.15, -0.1) is 89.5 Å². The largest absolute Gasteiger partial charge is 0.310 e. The molecule has 146 heavy (non-hydrogen) atoms. The van der Waals surface area contributed by atoms with Gasteiger partial charge in [-0.2, -0.15) is 0 Å². The van der Waals surface area contributed by atoms with Crippen molar-refractivity contribution in [2.45, 2.75) is 0 Å². The smallest absolute Gasteiger partial charge is 0.194 e. The fourth-order valence-electron chi connectivity index (χ4n) is 20.9. The zero-order valence-corrected chi connectivity index (χ0v) is 88.0. The van der Waals surface area contributed by atoms with Crippen LogP contribution in [0.2, 0.25) is 0 Å². The van der Waals surface area contributed by atoms with E-state index in [0.29, 0.717) is 27.0 Å². The van der Waals surface area contributed by atoms with Gasteiger partial charge in [0.15, 0.2) is 27.2 Å². The monoisotopic (exact) mass is 2460 g/mol. The number of carbonyl (C=O) groups excluding carboxylic acids is 1. The molecule has 0 bridgehead atoms. The van der Waals surface area contributed by atoms with E-state index in [1.165, 1.54) is 21.9 Å². The van der Waals surface area contributed by atoms with E-state index in [1.807, 2.05) is 255 Å². The molecular formula is C130H84Ir3N6O4P3-3. The van der Waals surface area contributed by atoms with Gasteiger partial charge in [0.2, 0.25) is 0 Å². The minimum atomic E-state index is -3.53. The third-order valence-electron chi connectivity index (χ3n) is 27.8. The SMILES string of the molecule is O=C1c2ccccc2-c2c1cccc2P(=O)(c1ccccc1)c1cc[c-]c(-c2cc3ccccc3cn2)c1.O=P(c1cc[c-]c(-c2cc3ccccc3cn2)c1)(c1ccc2c(c1)c1ccccc1n2-c1ccccc1)c1ccc2c(c1)c1ccccc1n2-c1ccccc1.O=P(c1ccccc1)(c1cc[c-]c(-c2cc3ccccc3cn2)c1)c1cccc(-n2c3ccccc3c3cc(-c4ccccc4)ccc32)c1.[Ir].[Ir].[Ir]. The van der Waals surface area contributed by atoms with Crippen LogP contribution < -0.4 is 47.7 Å². The molecule has 0 aliphatic heterocycles. The maximum absolute atomic E-state index is 16.7. The molecule has 16 heteroatoms. The van der Waals surface area contributed by atoms with Crippen LogP contribution in [0.25, 0.3) is 171 Å². The van der Waals surface area contributed by atoms with Gasteiger partial charge in [0.05, 0.1) is 33.1 Å². The van der Waals surface area contributed by atoms with Crippen molar-refractivity contribution in [2.75, 3.05) is 0 Å². The number of rotatable bonds is 16. The summed E-state index contributed by atoms with van der Waals surface area (Å²) >= 11 is 0. The Hall–Kier alpha value is -15.7. The number of ketones is 1. The Morgan fingerprint density at radius 3 is 0.986 bits per heavy atom. The van der Waals surface area contributed by atoms with Gasteiger partial charge in [-0.25, -0.2) is 0 Å². The Kier molecular flexibility index (Phi) is 26.2. The van der Waals surface area contributed by atoms with Crippen LogP contribution in [-0.2, 0) is 74.0 Å². The first-order chi connectivity index (χ1) is 70.5. The number of aromatic nitrogens is 6. The van der Waals surface area contributed by atoms with Crippen LogP contribution in [0.5, 0.6) is 0 Å². The molecule has 1 aliphatic carbocycles. The van der Waals surface area contributed by atoms with E-state index >= 15 is 13.7 Å². The molecule has 1 aliphatic rings. The molecule has 6 heterocycles. The standard InChI is InChI=1S/C51H33N3OP.C45H30N2OP.C34H21NO2P.3Ir/c55-56(40-21-13-16-36(30-40)47-31-35-14-7-8-15-37(35)34-52-47,41-26-28-50-45(32-41)43-22-9-11-24-48(43)53(50)38-17-3-1-4-18-38)42-27-29-51-46(33-42)44-23-10-12-25-49(44)54(51)39-19-5-2-6-20-39;48-49(38-19-5-2-6-20-38,39-21-11-17-35(27-39)43-29-33-15-7-8-16-36(33)31-46-43)40-22-12-18-37(30-40)47-44-24-10-9-23-41(44)42-28-34(25-26-45(42)47)32-13-3-1-4-14-32;36-34-29-17-7-6-16-28(29)33-30(34)18-9-19-32(33)38(37,26-13-2-1-3-14-26)27-15-8-12-24(20-27)31-21-23-10-4-5-11-25(23)22-35-31;;;/h1-15,17-34H;1-16,18-31H;1-11,13-22H;;;/q3*-1;;;. The van der Waals surface area contributed by atoms with Crippen molar-refractivity contribution >= 4 is 173 Å². The molecule has 6 aromatic heterocycles. The number of benzene rings is 20. The van der Waals surface area contributed by atoms with E-state index in [2.05, 4.69) is 292 Å². The summed E-state index contributed by atoms with van der Waals surface area (Å²) in [6.07, 6.45) is 5.65. The number of fused-ring (bicyclic) bond motifs is 15. The number of nitrogens with zero attached hydrogens (tertiary/aromatic N) is 6. The average molecular weight is 2460 g/mol. The van der Waals surface area contributed by atoms with E-state index in [4.69, 9.17) is 9.97 Å². The molecule has 2 unspecified atom stereocenters. The van der Waals surface area contributed by atoms with Gasteiger partial charge in [-0.05, 0) is 169 Å². The zero-order chi connectivity index (χ0) is 95.7. The van der Waals surface area contributed by atoms with Gasteiger partial charge in [0.25, 0.3) is 0 Å². The van der Waals surface area contributed by atoms with Crippen molar-refractivity contribution in [1.29, 1.82) is 0 Å². The van der Waals surface area contributed by atoms with Crippen molar-refractivity contribution in [3.63, 3.8) is 0 Å². The fraction of sp³-hybridized carbons (Fsp3) is 0. The average Bonchev–Trinajstić information content (AvgIpc) is 1.33. The van der Waals surface area contributed by atoms with Gasteiger partial charge in [0, 0.05) is 177 Å².